The predicted octanol–water partition coefficient (Wildman–Crippen LogP) is 1.31. The highest BCUT2D eigenvalue weighted by Gasteiger charge is 2.27. The third kappa shape index (κ3) is 6.36. The molecule has 0 aromatic rings. The molecule has 0 bridgehead atoms. The highest BCUT2D eigenvalue weighted by atomic mass is 16.3. The van der Waals surface area contributed by atoms with Gasteiger partial charge in [-0.25, -0.2) is 0 Å². The lowest BCUT2D eigenvalue weighted by Gasteiger charge is -2.26. The van der Waals surface area contributed by atoms with Gasteiger partial charge in [0, 0.05) is 25.2 Å². The number of carbonyl (C=O) groups excluding carboxylic acids is 3. The molecule has 0 saturated carbocycles. The zero-order valence-corrected chi connectivity index (χ0v) is 13.9. The van der Waals surface area contributed by atoms with E-state index in [0.717, 1.165) is 17.7 Å². The van der Waals surface area contributed by atoms with Gasteiger partial charge in [-0.1, -0.05) is 26.0 Å². The van der Waals surface area contributed by atoms with Crippen molar-refractivity contribution in [2.45, 2.75) is 51.6 Å². The molecule has 1 aliphatic rings. The molecule has 128 valence electrons. The Hall–Kier alpha value is -1.95. The van der Waals surface area contributed by atoms with Crippen molar-refractivity contribution in [3.63, 3.8) is 0 Å². The summed E-state index contributed by atoms with van der Waals surface area (Å²) in [7, 11) is 0. The van der Waals surface area contributed by atoms with Crippen molar-refractivity contribution in [3.05, 3.63) is 24.3 Å². The first-order valence-corrected chi connectivity index (χ1v) is 8.09. The molecule has 0 fully saturated rings. The Kier molecular flexibility index (Phi) is 7.68. The number of nitrogens with one attached hydrogen (secondary N) is 1. The summed E-state index contributed by atoms with van der Waals surface area (Å²) in [6, 6.07) is 0. The van der Waals surface area contributed by atoms with E-state index in [1.54, 1.807) is 0 Å². The zero-order chi connectivity index (χ0) is 17.3. The van der Waals surface area contributed by atoms with E-state index in [1.807, 2.05) is 26.0 Å². The summed E-state index contributed by atoms with van der Waals surface area (Å²) in [5.41, 5.74) is -1.02. The van der Waals surface area contributed by atoms with Crippen molar-refractivity contribution in [3.8, 4) is 0 Å². The van der Waals surface area contributed by atoms with Crippen molar-refractivity contribution >= 4 is 17.7 Å². The molecule has 0 aromatic heterocycles. The molecule has 23 heavy (non-hydrogen) atoms. The lowest BCUT2D eigenvalue weighted by molar-refractivity contribution is -0.137. The number of hydrogen-bond donors (Lipinski definition) is 2. The molecule has 0 unspecified atom stereocenters. The summed E-state index contributed by atoms with van der Waals surface area (Å²) in [5.74, 6) is -1.00. The van der Waals surface area contributed by atoms with E-state index in [-0.39, 0.29) is 37.2 Å². The Balaban J connectivity index is 2.34. The third-order valence-corrected chi connectivity index (χ3v) is 3.88. The molecule has 1 rings (SSSR count). The molecular formula is C17H26N2O4. The van der Waals surface area contributed by atoms with Gasteiger partial charge in [-0.2, -0.15) is 0 Å². The van der Waals surface area contributed by atoms with Crippen LogP contribution in [0.3, 0.4) is 0 Å². The van der Waals surface area contributed by atoms with Crippen molar-refractivity contribution in [2.24, 2.45) is 0 Å². The summed E-state index contributed by atoms with van der Waals surface area (Å²) in [4.78, 5) is 35.8. The van der Waals surface area contributed by atoms with E-state index in [4.69, 9.17) is 0 Å². The Morgan fingerprint density at radius 1 is 1.26 bits per heavy atom. The van der Waals surface area contributed by atoms with Gasteiger partial charge in [0.1, 0.15) is 0 Å². The average molecular weight is 322 g/mol. The van der Waals surface area contributed by atoms with Crippen LogP contribution in [0.2, 0.25) is 0 Å². The standard InChI is InChI=1S/C17H26N2O4/c1-3-5-6-7-10-17(23,4-2)13-14(20)18-11-12-19-15(21)8-9-16(19)22/h5-6,8-9,23H,3-4,7,10-13H2,1-2H3,(H,18,20)/b6-5+/t17-/m1/s1. The van der Waals surface area contributed by atoms with Crippen LogP contribution in [0.15, 0.2) is 24.3 Å². The largest absolute Gasteiger partial charge is 0.389 e. The van der Waals surface area contributed by atoms with Gasteiger partial charge in [-0.05, 0) is 25.7 Å². The van der Waals surface area contributed by atoms with Crippen LogP contribution in [0, 0.1) is 0 Å². The van der Waals surface area contributed by atoms with Gasteiger partial charge in [0.25, 0.3) is 11.8 Å². The number of allylic oxidation sites excluding steroid dienone is 2. The van der Waals surface area contributed by atoms with Crippen LogP contribution in [-0.2, 0) is 14.4 Å². The Labute approximate surface area is 137 Å². The maximum absolute atomic E-state index is 12.0. The fraction of sp³-hybridized carbons (Fsp3) is 0.588. The topological polar surface area (TPSA) is 86.7 Å². The second kappa shape index (κ2) is 9.25. The SMILES string of the molecule is CC/C=C/CC[C@](O)(CC)CC(=O)NCCN1C(=O)C=CC1=O. The van der Waals surface area contributed by atoms with Gasteiger partial charge in [-0.3, -0.25) is 19.3 Å². The van der Waals surface area contributed by atoms with Gasteiger partial charge < -0.3 is 10.4 Å². The Morgan fingerprint density at radius 2 is 1.91 bits per heavy atom. The number of imide groups is 1. The van der Waals surface area contributed by atoms with Crippen LogP contribution in [0.25, 0.3) is 0 Å². The zero-order valence-electron chi connectivity index (χ0n) is 13.9. The highest BCUT2D eigenvalue weighted by molar-refractivity contribution is 6.12. The lowest BCUT2D eigenvalue weighted by atomic mass is 9.90. The molecule has 6 heteroatoms. The average Bonchev–Trinajstić information content (AvgIpc) is 2.83. The summed E-state index contributed by atoms with van der Waals surface area (Å²) in [5, 5.41) is 13.1. The van der Waals surface area contributed by atoms with Crippen molar-refractivity contribution in [2.75, 3.05) is 13.1 Å². The van der Waals surface area contributed by atoms with Crippen LogP contribution < -0.4 is 5.32 Å². The third-order valence-electron chi connectivity index (χ3n) is 3.88. The molecule has 0 spiro atoms. The van der Waals surface area contributed by atoms with Gasteiger partial charge in [-0.15, -0.1) is 0 Å². The van der Waals surface area contributed by atoms with E-state index in [0.29, 0.717) is 12.8 Å². The van der Waals surface area contributed by atoms with Crippen molar-refractivity contribution in [1.82, 2.24) is 10.2 Å². The number of rotatable bonds is 10. The molecule has 2 N–H and O–H groups in total. The van der Waals surface area contributed by atoms with Crippen LogP contribution in [0.4, 0.5) is 0 Å². The first kappa shape index (κ1) is 19.1. The highest BCUT2D eigenvalue weighted by Crippen LogP contribution is 2.21. The summed E-state index contributed by atoms with van der Waals surface area (Å²) < 4.78 is 0. The normalized spacial score (nSPS) is 17.1. The minimum absolute atomic E-state index is 0.0175. The van der Waals surface area contributed by atoms with Gasteiger partial charge in [0.05, 0.1) is 12.0 Å². The van der Waals surface area contributed by atoms with Crippen LogP contribution in [0.1, 0.15) is 46.0 Å². The Bertz CT molecular complexity index is 481. The number of aliphatic hydroxyl groups is 1. The van der Waals surface area contributed by atoms with Crippen molar-refractivity contribution < 1.29 is 19.5 Å². The van der Waals surface area contributed by atoms with E-state index in [1.165, 1.54) is 12.2 Å². The first-order chi connectivity index (χ1) is 10.9. The molecule has 0 aliphatic carbocycles. The molecule has 1 atom stereocenters. The first-order valence-electron chi connectivity index (χ1n) is 8.09. The second-order valence-electron chi connectivity index (χ2n) is 5.68. The maximum Gasteiger partial charge on any atom is 0.253 e. The van der Waals surface area contributed by atoms with E-state index < -0.39 is 5.60 Å². The van der Waals surface area contributed by atoms with E-state index in [2.05, 4.69) is 5.32 Å². The lowest BCUT2D eigenvalue weighted by Crippen LogP contribution is -2.41. The summed E-state index contributed by atoms with van der Waals surface area (Å²) in [6.45, 7) is 4.22. The fourth-order valence-electron chi connectivity index (χ4n) is 2.35. The fourth-order valence-corrected chi connectivity index (χ4v) is 2.35. The number of nitrogens with zero attached hydrogens (tertiary/aromatic N) is 1. The quantitative estimate of drug-likeness (QED) is 0.469. The molecule has 6 nitrogen and oxygen atoms in total. The maximum atomic E-state index is 12.0. The Morgan fingerprint density at radius 3 is 2.48 bits per heavy atom. The summed E-state index contributed by atoms with van der Waals surface area (Å²) >= 11 is 0. The van der Waals surface area contributed by atoms with Crippen LogP contribution >= 0.6 is 0 Å². The van der Waals surface area contributed by atoms with Gasteiger partial charge in [0.15, 0.2) is 0 Å². The smallest absolute Gasteiger partial charge is 0.253 e. The van der Waals surface area contributed by atoms with Crippen molar-refractivity contribution in [1.29, 1.82) is 0 Å². The number of amides is 3. The molecule has 0 radical (unpaired) electrons. The number of hydrogen-bond acceptors (Lipinski definition) is 4. The van der Waals surface area contributed by atoms with E-state index >= 15 is 0 Å². The number of carbonyl (C=O) groups is 3. The molecule has 0 aromatic carbocycles. The molecule has 3 amide bonds. The van der Waals surface area contributed by atoms with Gasteiger partial charge >= 0.3 is 0 Å². The molecule has 0 saturated heterocycles. The molecule has 1 heterocycles. The minimum atomic E-state index is -1.02. The van der Waals surface area contributed by atoms with Crippen LogP contribution in [-0.4, -0.2) is 46.4 Å². The molecular weight excluding hydrogens is 296 g/mol. The second-order valence-corrected chi connectivity index (χ2v) is 5.68. The molecule has 1 aliphatic heterocycles. The summed E-state index contributed by atoms with van der Waals surface area (Å²) in [6.07, 6.45) is 9.19. The minimum Gasteiger partial charge on any atom is -0.389 e. The van der Waals surface area contributed by atoms with E-state index in [9.17, 15) is 19.5 Å². The predicted molar refractivity (Wildman–Crippen MR) is 87.4 cm³/mol. The monoisotopic (exact) mass is 322 g/mol. The van der Waals surface area contributed by atoms with Gasteiger partial charge in [0.2, 0.25) is 5.91 Å². The van der Waals surface area contributed by atoms with Crippen LogP contribution in [0.5, 0.6) is 0 Å².